The summed E-state index contributed by atoms with van der Waals surface area (Å²) in [5.74, 6) is 0.890. The fraction of sp³-hybridized carbons (Fsp3) is 0.235. The van der Waals surface area contributed by atoms with Gasteiger partial charge in [-0.2, -0.15) is 0 Å². The van der Waals surface area contributed by atoms with Gasteiger partial charge in [0.1, 0.15) is 22.2 Å². The van der Waals surface area contributed by atoms with Crippen LogP contribution in [0.15, 0.2) is 42.0 Å². The molecule has 3 aromatic rings. The van der Waals surface area contributed by atoms with Crippen LogP contribution in [0.2, 0.25) is 0 Å². The number of hydrogen-bond donors (Lipinski definition) is 1. The third kappa shape index (κ3) is 2.66. The molecule has 4 rings (SSSR count). The second-order valence-corrected chi connectivity index (χ2v) is 6.37. The Kier molecular flexibility index (Phi) is 3.67. The molecule has 2 aromatic heterocycles. The van der Waals surface area contributed by atoms with Gasteiger partial charge in [0.05, 0.1) is 11.7 Å². The lowest BCUT2D eigenvalue weighted by molar-refractivity contribution is 0.101. The monoisotopic (exact) mass is 324 g/mol. The number of imidazole rings is 1. The minimum Gasteiger partial charge on any atom is -0.324 e. The van der Waals surface area contributed by atoms with E-state index >= 15 is 0 Å². The molecule has 1 N–H and O–H groups in total. The number of nitrogens with one attached hydrogen (secondary N) is 1. The van der Waals surface area contributed by atoms with Gasteiger partial charge in [0.2, 0.25) is 0 Å². The number of carbonyl (C=O) groups excluding carboxylic acids is 1. The minimum absolute atomic E-state index is 0.118. The lowest BCUT2D eigenvalue weighted by atomic mass is 10.1. The Balaban J connectivity index is 1.61. The molecular formula is C17H16N4OS. The van der Waals surface area contributed by atoms with Crippen LogP contribution in [0, 0.1) is 0 Å². The summed E-state index contributed by atoms with van der Waals surface area (Å²) in [6.45, 7) is 0.867. The zero-order valence-corrected chi connectivity index (χ0v) is 13.3. The Morgan fingerprint density at radius 3 is 2.91 bits per heavy atom. The van der Waals surface area contributed by atoms with Crippen LogP contribution in [0.3, 0.4) is 0 Å². The number of anilines is 1. The molecule has 0 radical (unpaired) electrons. The van der Waals surface area contributed by atoms with Crippen molar-refractivity contribution in [3.05, 3.63) is 53.6 Å². The third-order valence-corrected chi connectivity index (χ3v) is 4.79. The fourth-order valence-electron chi connectivity index (χ4n) is 2.90. The van der Waals surface area contributed by atoms with Crippen molar-refractivity contribution in [3.8, 4) is 11.3 Å². The molecule has 1 aromatic carbocycles. The Labute approximate surface area is 138 Å². The number of amides is 1. The lowest BCUT2D eigenvalue weighted by Gasteiger charge is -2.15. The van der Waals surface area contributed by atoms with Crippen molar-refractivity contribution in [2.75, 3.05) is 5.32 Å². The van der Waals surface area contributed by atoms with Crippen molar-refractivity contribution in [2.24, 2.45) is 0 Å². The molecule has 0 saturated carbocycles. The summed E-state index contributed by atoms with van der Waals surface area (Å²) < 4.78 is 2.03. The molecule has 0 fully saturated rings. The highest BCUT2D eigenvalue weighted by molar-refractivity contribution is 7.14. The topological polar surface area (TPSA) is 59.8 Å². The second kappa shape index (κ2) is 5.96. The SMILES string of the molecule is O=C(Nc1scnc1-c1ccccc1)c1cnc2n1CCCC2. The highest BCUT2D eigenvalue weighted by Gasteiger charge is 2.20. The molecule has 5 nitrogen and oxygen atoms in total. The fourth-order valence-corrected chi connectivity index (χ4v) is 3.60. The molecule has 0 aliphatic carbocycles. The van der Waals surface area contributed by atoms with E-state index in [0.29, 0.717) is 5.69 Å². The zero-order chi connectivity index (χ0) is 15.6. The van der Waals surface area contributed by atoms with Gasteiger partial charge < -0.3 is 9.88 Å². The summed E-state index contributed by atoms with van der Waals surface area (Å²) in [5.41, 5.74) is 4.19. The zero-order valence-electron chi connectivity index (χ0n) is 12.5. The average molecular weight is 324 g/mol. The van der Waals surface area contributed by atoms with Crippen LogP contribution in [0.5, 0.6) is 0 Å². The molecule has 6 heteroatoms. The summed E-state index contributed by atoms with van der Waals surface area (Å²) in [6, 6.07) is 9.88. The third-order valence-electron chi connectivity index (χ3n) is 4.04. The molecule has 0 unspecified atom stereocenters. The van der Waals surface area contributed by atoms with E-state index in [4.69, 9.17) is 0 Å². The Morgan fingerprint density at radius 2 is 2.04 bits per heavy atom. The first-order chi connectivity index (χ1) is 11.3. The van der Waals surface area contributed by atoms with Crippen molar-refractivity contribution in [2.45, 2.75) is 25.8 Å². The molecule has 1 aliphatic heterocycles. The van der Waals surface area contributed by atoms with E-state index in [1.165, 1.54) is 11.3 Å². The first-order valence-electron chi connectivity index (χ1n) is 7.67. The largest absolute Gasteiger partial charge is 0.324 e. The molecule has 1 aliphatic rings. The normalized spacial score (nSPS) is 13.6. The van der Waals surface area contributed by atoms with E-state index in [1.807, 2.05) is 34.9 Å². The predicted octanol–water partition coefficient (Wildman–Crippen LogP) is 3.60. The molecule has 3 heterocycles. The summed E-state index contributed by atoms with van der Waals surface area (Å²) in [5, 5.41) is 3.77. The first-order valence-corrected chi connectivity index (χ1v) is 8.55. The number of thiazole rings is 1. The number of benzene rings is 1. The van der Waals surface area contributed by atoms with Gasteiger partial charge >= 0.3 is 0 Å². The molecule has 0 spiro atoms. The minimum atomic E-state index is -0.118. The van der Waals surface area contributed by atoms with Gasteiger partial charge in [-0.15, -0.1) is 11.3 Å². The maximum atomic E-state index is 12.6. The van der Waals surface area contributed by atoms with Gasteiger partial charge in [0.15, 0.2) is 0 Å². The summed E-state index contributed by atoms with van der Waals surface area (Å²) in [4.78, 5) is 21.4. The Bertz CT molecular complexity index is 837. The second-order valence-electron chi connectivity index (χ2n) is 5.52. The van der Waals surface area contributed by atoms with Crippen LogP contribution in [0.25, 0.3) is 11.3 Å². The Morgan fingerprint density at radius 1 is 1.17 bits per heavy atom. The number of nitrogens with zero attached hydrogens (tertiary/aromatic N) is 3. The van der Waals surface area contributed by atoms with Crippen LogP contribution in [-0.4, -0.2) is 20.4 Å². The molecule has 0 bridgehead atoms. The van der Waals surface area contributed by atoms with E-state index in [0.717, 1.165) is 47.9 Å². The number of aryl methyl sites for hydroxylation is 1. The van der Waals surface area contributed by atoms with Crippen LogP contribution in [0.1, 0.15) is 29.2 Å². The summed E-state index contributed by atoms with van der Waals surface area (Å²) in [7, 11) is 0. The first kappa shape index (κ1) is 14.1. The van der Waals surface area contributed by atoms with Gasteiger partial charge in [-0.3, -0.25) is 4.79 Å². The van der Waals surface area contributed by atoms with Gasteiger partial charge in [-0.05, 0) is 12.8 Å². The van der Waals surface area contributed by atoms with Crippen LogP contribution in [0.4, 0.5) is 5.00 Å². The summed E-state index contributed by atoms with van der Waals surface area (Å²) in [6.07, 6.45) is 4.87. The van der Waals surface area contributed by atoms with E-state index < -0.39 is 0 Å². The van der Waals surface area contributed by atoms with Crippen LogP contribution >= 0.6 is 11.3 Å². The van der Waals surface area contributed by atoms with Gasteiger partial charge in [-0.25, -0.2) is 9.97 Å². The van der Waals surface area contributed by atoms with E-state index in [1.54, 1.807) is 11.7 Å². The van der Waals surface area contributed by atoms with E-state index in [9.17, 15) is 4.79 Å². The van der Waals surface area contributed by atoms with Gasteiger partial charge in [0.25, 0.3) is 5.91 Å². The smallest absolute Gasteiger partial charge is 0.274 e. The van der Waals surface area contributed by atoms with E-state index in [2.05, 4.69) is 15.3 Å². The van der Waals surface area contributed by atoms with Crippen molar-refractivity contribution < 1.29 is 4.79 Å². The van der Waals surface area contributed by atoms with Crippen molar-refractivity contribution >= 4 is 22.2 Å². The molecule has 0 atom stereocenters. The highest BCUT2D eigenvalue weighted by atomic mass is 32.1. The van der Waals surface area contributed by atoms with Crippen molar-refractivity contribution in [1.82, 2.24) is 14.5 Å². The number of aromatic nitrogens is 3. The van der Waals surface area contributed by atoms with Gasteiger partial charge in [0, 0.05) is 18.5 Å². The molecule has 23 heavy (non-hydrogen) atoms. The molecular weight excluding hydrogens is 308 g/mol. The number of hydrogen-bond acceptors (Lipinski definition) is 4. The predicted molar refractivity (Wildman–Crippen MR) is 90.7 cm³/mol. The molecule has 116 valence electrons. The molecule has 1 amide bonds. The van der Waals surface area contributed by atoms with Crippen molar-refractivity contribution in [3.63, 3.8) is 0 Å². The highest BCUT2D eigenvalue weighted by Crippen LogP contribution is 2.30. The number of rotatable bonds is 3. The number of fused-ring (bicyclic) bond motifs is 1. The average Bonchev–Trinajstić information content (AvgIpc) is 3.22. The standard InChI is InChI=1S/C17H16N4OS/c22-16(13-10-18-14-8-4-5-9-21(13)14)20-17-15(19-11-23-17)12-6-2-1-3-7-12/h1-3,6-7,10-11H,4-5,8-9H2,(H,20,22). The summed E-state index contributed by atoms with van der Waals surface area (Å²) >= 11 is 1.43. The van der Waals surface area contributed by atoms with Crippen LogP contribution in [-0.2, 0) is 13.0 Å². The maximum Gasteiger partial charge on any atom is 0.274 e. The molecule has 0 saturated heterocycles. The Hall–Kier alpha value is -2.47. The maximum absolute atomic E-state index is 12.6. The van der Waals surface area contributed by atoms with Crippen LogP contribution < -0.4 is 5.32 Å². The van der Waals surface area contributed by atoms with Crippen molar-refractivity contribution in [1.29, 1.82) is 0 Å². The lowest BCUT2D eigenvalue weighted by Crippen LogP contribution is -2.20. The number of carbonyl (C=O) groups is 1. The van der Waals surface area contributed by atoms with E-state index in [-0.39, 0.29) is 5.91 Å². The quantitative estimate of drug-likeness (QED) is 0.801. The van der Waals surface area contributed by atoms with Gasteiger partial charge in [-0.1, -0.05) is 30.3 Å².